The lowest BCUT2D eigenvalue weighted by Gasteiger charge is -2.12. The van der Waals surface area contributed by atoms with Crippen LogP contribution in [0.2, 0.25) is 0 Å². The Morgan fingerprint density at radius 1 is 1.14 bits per heavy atom. The zero-order chi connectivity index (χ0) is 15.2. The molecule has 21 heavy (non-hydrogen) atoms. The van der Waals surface area contributed by atoms with Gasteiger partial charge in [0.1, 0.15) is 0 Å². The highest BCUT2D eigenvalue weighted by Gasteiger charge is 2.29. The van der Waals surface area contributed by atoms with Crippen LogP contribution in [-0.2, 0) is 14.4 Å². The first-order valence-electron chi connectivity index (χ1n) is 6.19. The topological polar surface area (TPSA) is 95.6 Å². The highest BCUT2D eigenvalue weighted by Crippen LogP contribution is 2.17. The Labute approximate surface area is 125 Å². The third-order valence-corrected chi connectivity index (χ3v) is 3.56. The fourth-order valence-corrected chi connectivity index (χ4v) is 2.42. The van der Waals surface area contributed by atoms with Crippen LogP contribution < -0.4 is 10.6 Å². The molecule has 1 saturated heterocycles. The minimum atomic E-state index is -0.814. The lowest BCUT2D eigenvalue weighted by atomic mass is 10.3. The lowest BCUT2D eigenvalue weighted by molar-refractivity contribution is -0.136. The molecule has 1 fully saturated rings. The summed E-state index contributed by atoms with van der Waals surface area (Å²) in [6, 6.07) is 8.57. The number of carbonyl (C=O) groups is 4. The summed E-state index contributed by atoms with van der Waals surface area (Å²) in [7, 11) is 0. The van der Waals surface area contributed by atoms with E-state index in [0.717, 1.165) is 16.7 Å². The number of para-hydroxylation sites is 1. The van der Waals surface area contributed by atoms with Gasteiger partial charge in [0.25, 0.3) is 5.24 Å². The van der Waals surface area contributed by atoms with Crippen LogP contribution in [0, 0.1) is 0 Å². The molecule has 0 aliphatic carbocycles. The SMILES string of the molecule is O=C(NCCN1C(=O)CSC1=O)C(=O)Nc1ccccc1. The van der Waals surface area contributed by atoms with Crippen molar-refractivity contribution in [3.05, 3.63) is 30.3 Å². The number of hydrogen-bond donors (Lipinski definition) is 2. The molecule has 1 aromatic carbocycles. The van der Waals surface area contributed by atoms with Crippen molar-refractivity contribution in [1.82, 2.24) is 10.2 Å². The maximum absolute atomic E-state index is 11.6. The second-order valence-electron chi connectivity index (χ2n) is 4.18. The highest BCUT2D eigenvalue weighted by molar-refractivity contribution is 8.14. The fraction of sp³-hybridized carbons (Fsp3) is 0.231. The van der Waals surface area contributed by atoms with Crippen molar-refractivity contribution in [2.24, 2.45) is 0 Å². The van der Waals surface area contributed by atoms with Crippen LogP contribution in [0.15, 0.2) is 30.3 Å². The molecule has 1 aliphatic rings. The van der Waals surface area contributed by atoms with E-state index in [-0.39, 0.29) is 30.0 Å². The molecule has 1 aliphatic heterocycles. The normalized spacial score (nSPS) is 14.2. The van der Waals surface area contributed by atoms with Gasteiger partial charge in [-0.2, -0.15) is 0 Å². The van der Waals surface area contributed by atoms with E-state index in [1.165, 1.54) is 0 Å². The van der Waals surface area contributed by atoms with E-state index in [9.17, 15) is 19.2 Å². The maximum Gasteiger partial charge on any atom is 0.313 e. The Kier molecular flexibility index (Phi) is 4.94. The van der Waals surface area contributed by atoms with Gasteiger partial charge in [0.05, 0.1) is 5.75 Å². The molecule has 0 spiro atoms. The molecule has 1 heterocycles. The number of benzene rings is 1. The largest absolute Gasteiger partial charge is 0.346 e. The van der Waals surface area contributed by atoms with Crippen molar-refractivity contribution in [2.75, 3.05) is 24.2 Å². The standard InChI is InChI=1S/C13H13N3O4S/c17-10-8-21-13(20)16(10)7-6-14-11(18)12(19)15-9-4-2-1-3-5-9/h1-5H,6-8H2,(H,14,18)(H,15,19). The summed E-state index contributed by atoms with van der Waals surface area (Å²) in [4.78, 5) is 46.9. The quantitative estimate of drug-likeness (QED) is 0.787. The molecule has 110 valence electrons. The molecule has 2 N–H and O–H groups in total. The summed E-state index contributed by atoms with van der Waals surface area (Å²) < 4.78 is 0. The van der Waals surface area contributed by atoms with E-state index >= 15 is 0 Å². The Morgan fingerprint density at radius 2 is 1.86 bits per heavy atom. The molecular formula is C13H13N3O4S. The van der Waals surface area contributed by atoms with Crippen molar-refractivity contribution < 1.29 is 19.2 Å². The molecule has 0 bridgehead atoms. The van der Waals surface area contributed by atoms with E-state index in [1.54, 1.807) is 30.3 Å². The molecular weight excluding hydrogens is 294 g/mol. The zero-order valence-electron chi connectivity index (χ0n) is 11.0. The number of thioether (sulfide) groups is 1. The third kappa shape index (κ3) is 4.06. The van der Waals surface area contributed by atoms with Crippen LogP contribution in [0.25, 0.3) is 0 Å². The number of carbonyl (C=O) groups excluding carboxylic acids is 4. The van der Waals surface area contributed by atoms with E-state index in [1.807, 2.05) is 0 Å². The average molecular weight is 307 g/mol. The fourth-order valence-electron chi connectivity index (χ4n) is 1.67. The number of nitrogens with zero attached hydrogens (tertiary/aromatic N) is 1. The molecule has 0 atom stereocenters. The molecule has 2 rings (SSSR count). The molecule has 7 nitrogen and oxygen atoms in total. The molecule has 0 radical (unpaired) electrons. The number of anilines is 1. The number of hydrogen-bond acceptors (Lipinski definition) is 5. The van der Waals surface area contributed by atoms with Crippen LogP contribution in [-0.4, -0.2) is 46.7 Å². The number of amides is 4. The van der Waals surface area contributed by atoms with Crippen molar-refractivity contribution in [3.63, 3.8) is 0 Å². The third-order valence-electron chi connectivity index (χ3n) is 2.70. The minimum Gasteiger partial charge on any atom is -0.346 e. The Hall–Kier alpha value is -2.35. The summed E-state index contributed by atoms with van der Waals surface area (Å²) in [5.74, 6) is -1.77. The average Bonchev–Trinajstić information content (AvgIpc) is 2.80. The second-order valence-corrected chi connectivity index (χ2v) is 5.10. The molecule has 1 aromatic rings. The monoisotopic (exact) mass is 307 g/mol. The van der Waals surface area contributed by atoms with E-state index in [2.05, 4.69) is 10.6 Å². The van der Waals surface area contributed by atoms with Gasteiger partial charge in [-0.1, -0.05) is 30.0 Å². The summed E-state index contributed by atoms with van der Waals surface area (Å²) in [6.07, 6.45) is 0. The maximum atomic E-state index is 11.6. The van der Waals surface area contributed by atoms with Crippen LogP contribution in [0.3, 0.4) is 0 Å². The van der Waals surface area contributed by atoms with Crippen LogP contribution in [0.5, 0.6) is 0 Å². The number of imide groups is 1. The van der Waals surface area contributed by atoms with Gasteiger partial charge in [0.15, 0.2) is 0 Å². The predicted molar refractivity (Wildman–Crippen MR) is 77.6 cm³/mol. The van der Waals surface area contributed by atoms with Gasteiger partial charge in [-0.3, -0.25) is 24.1 Å². The summed E-state index contributed by atoms with van der Waals surface area (Å²) in [5.41, 5.74) is 0.513. The van der Waals surface area contributed by atoms with Crippen LogP contribution in [0.4, 0.5) is 10.5 Å². The Bertz CT molecular complexity index is 560. The van der Waals surface area contributed by atoms with Crippen molar-refractivity contribution >= 4 is 40.4 Å². The zero-order valence-corrected chi connectivity index (χ0v) is 11.8. The van der Waals surface area contributed by atoms with Crippen molar-refractivity contribution in [1.29, 1.82) is 0 Å². The van der Waals surface area contributed by atoms with E-state index in [0.29, 0.717) is 5.69 Å². The Morgan fingerprint density at radius 3 is 2.48 bits per heavy atom. The summed E-state index contributed by atoms with van der Waals surface area (Å²) in [5, 5.41) is 4.47. The van der Waals surface area contributed by atoms with Gasteiger partial charge in [-0.25, -0.2) is 0 Å². The summed E-state index contributed by atoms with van der Waals surface area (Å²) in [6.45, 7) is 0.105. The molecule has 0 unspecified atom stereocenters. The van der Waals surface area contributed by atoms with Crippen molar-refractivity contribution in [2.45, 2.75) is 0 Å². The second kappa shape index (κ2) is 6.89. The van der Waals surface area contributed by atoms with Gasteiger partial charge < -0.3 is 10.6 Å². The van der Waals surface area contributed by atoms with E-state index in [4.69, 9.17) is 0 Å². The highest BCUT2D eigenvalue weighted by atomic mass is 32.2. The molecule has 0 saturated carbocycles. The van der Waals surface area contributed by atoms with Crippen molar-refractivity contribution in [3.8, 4) is 0 Å². The van der Waals surface area contributed by atoms with Gasteiger partial charge in [0, 0.05) is 18.8 Å². The predicted octanol–water partition coefficient (Wildman–Crippen LogP) is 0.437. The van der Waals surface area contributed by atoms with Gasteiger partial charge >= 0.3 is 11.8 Å². The first kappa shape index (κ1) is 15.0. The van der Waals surface area contributed by atoms with E-state index < -0.39 is 11.8 Å². The van der Waals surface area contributed by atoms with Crippen LogP contribution in [0.1, 0.15) is 0 Å². The summed E-state index contributed by atoms with van der Waals surface area (Å²) >= 11 is 0.926. The molecule has 0 aromatic heterocycles. The number of rotatable bonds is 4. The van der Waals surface area contributed by atoms with Gasteiger partial charge in [0.2, 0.25) is 5.91 Å². The first-order chi connectivity index (χ1) is 10.1. The lowest BCUT2D eigenvalue weighted by Crippen LogP contribution is -2.41. The first-order valence-corrected chi connectivity index (χ1v) is 7.18. The Balaban J connectivity index is 1.75. The molecule has 8 heteroatoms. The smallest absolute Gasteiger partial charge is 0.313 e. The van der Waals surface area contributed by atoms with Crippen LogP contribution >= 0.6 is 11.8 Å². The minimum absolute atomic E-state index is 0.0408. The van der Waals surface area contributed by atoms with Gasteiger partial charge in [-0.05, 0) is 12.1 Å². The van der Waals surface area contributed by atoms with Gasteiger partial charge in [-0.15, -0.1) is 0 Å². The molecule has 4 amide bonds. The number of nitrogens with one attached hydrogen (secondary N) is 2.